The van der Waals surface area contributed by atoms with Crippen molar-refractivity contribution in [3.8, 4) is 0 Å². The van der Waals surface area contributed by atoms with Crippen LogP contribution in [0, 0.1) is 0 Å². The molecule has 0 spiro atoms. The molecule has 0 radical (unpaired) electrons. The third kappa shape index (κ3) is 3.78. The van der Waals surface area contributed by atoms with Gasteiger partial charge in [0.1, 0.15) is 5.15 Å². The first-order valence-corrected chi connectivity index (χ1v) is 5.57. The maximum Gasteiger partial charge on any atom is 0.433 e. The SMILES string of the molecule is FC(F)(F)c1cc(Cl)nc(NCc2cccnc2)n1. The Morgan fingerprint density at radius 1 is 1.26 bits per heavy atom. The molecule has 2 heterocycles. The van der Waals surface area contributed by atoms with Gasteiger partial charge in [0, 0.05) is 25.0 Å². The highest BCUT2D eigenvalue weighted by Gasteiger charge is 2.33. The van der Waals surface area contributed by atoms with Crippen molar-refractivity contribution in [3.05, 3.63) is 47.0 Å². The number of hydrogen-bond acceptors (Lipinski definition) is 4. The maximum atomic E-state index is 12.5. The zero-order chi connectivity index (χ0) is 13.9. The van der Waals surface area contributed by atoms with Gasteiger partial charge >= 0.3 is 6.18 Å². The first kappa shape index (κ1) is 13.5. The second kappa shape index (κ2) is 5.40. The van der Waals surface area contributed by atoms with E-state index in [4.69, 9.17) is 11.6 Å². The standard InChI is InChI=1S/C11H8ClF3N4/c12-9-4-8(11(13,14)15)18-10(19-9)17-6-7-2-1-3-16-5-7/h1-5H,6H2,(H,17,18,19). The first-order chi connectivity index (χ1) is 8.95. The molecule has 0 saturated carbocycles. The summed E-state index contributed by atoms with van der Waals surface area (Å²) in [6.07, 6.45) is -1.37. The van der Waals surface area contributed by atoms with Crippen LogP contribution in [0.3, 0.4) is 0 Å². The summed E-state index contributed by atoms with van der Waals surface area (Å²) in [4.78, 5) is 10.9. The van der Waals surface area contributed by atoms with Crippen LogP contribution >= 0.6 is 11.6 Å². The van der Waals surface area contributed by atoms with E-state index in [-0.39, 0.29) is 17.6 Å². The molecule has 0 unspecified atom stereocenters. The molecular formula is C11H8ClF3N4. The van der Waals surface area contributed by atoms with E-state index in [0.717, 1.165) is 5.56 Å². The number of pyridine rings is 1. The Morgan fingerprint density at radius 3 is 2.68 bits per heavy atom. The lowest BCUT2D eigenvalue weighted by Gasteiger charge is -2.09. The normalized spacial score (nSPS) is 11.4. The van der Waals surface area contributed by atoms with Gasteiger partial charge in [-0.2, -0.15) is 13.2 Å². The Hall–Kier alpha value is -1.89. The van der Waals surface area contributed by atoms with E-state index in [1.807, 2.05) is 0 Å². The summed E-state index contributed by atoms with van der Waals surface area (Å²) in [6, 6.07) is 4.17. The molecule has 8 heteroatoms. The highest BCUT2D eigenvalue weighted by Crippen LogP contribution is 2.29. The lowest BCUT2D eigenvalue weighted by Crippen LogP contribution is -2.12. The predicted molar refractivity (Wildman–Crippen MR) is 63.6 cm³/mol. The van der Waals surface area contributed by atoms with Gasteiger partial charge in [0.15, 0.2) is 5.69 Å². The van der Waals surface area contributed by atoms with Crippen molar-refractivity contribution in [1.29, 1.82) is 0 Å². The Balaban J connectivity index is 2.15. The van der Waals surface area contributed by atoms with Crippen LogP contribution in [-0.4, -0.2) is 15.0 Å². The summed E-state index contributed by atoms with van der Waals surface area (Å²) in [6.45, 7) is 0.255. The van der Waals surface area contributed by atoms with E-state index < -0.39 is 11.9 Å². The van der Waals surface area contributed by atoms with Crippen LogP contribution in [0.25, 0.3) is 0 Å². The van der Waals surface area contributed by atoms with E-state index in [2.05, 4.69) is 20.3 Å². The molecule has 2 aromatic rings. The quantitative estimate of drug-likeness (QED) is 0.882. The zero-order valence-electron chi connectivity index (χ0n) is 9.45. The lowest BCUT2D eigenvalue weighted by molar-refractivity contribution is -0.141. The van der Waals surface area contributed by atoms with Gasteiger partial charge < -0.3 is 5.32 Å². The molecule has 1 N–H and O–H groups in total. The van der Waals surface area contributed by atoms with E-state index >= 15 is 0 Å². The highest BCUT2D eigenvalue weighted by molar-refractivity contribution is 6.29. The van der Waals surface area contributed by atoms with Crippen LogP contribution in [0.1, 0.15) is 11.3 Å². The summed E-state index contributed by atoms with van der Waals surface area (Å²) in [5.74, 6) is -0.177. The van der Waals surface area contributed by atoms with Crippen molar-refractivity contribution in [1.82, 2.24) is 15.0 Å². The third-order valence-electron chi connectivity index (χ3n) is 2.16. The summed E-state index contributed by atoms with van der Waals surface area (Å²) >= 11 is 5.53. The molecule has 2 rings (SSSR count). The van der Waals surface area contributed by atoms with Crippen molar-refractivity contribution < 1.29 is 13.2 Å². The molecule has 4 nitrogen and oxygen atoms in total. The Labute approximate surface area is 111 Å². The van der Waals surface area contributed by atoms with Crippen LogP contribution in [0.2, 0.25) is 5.15 Å². The molecule has 100 valence electrons. The molecule has 0 aliphatic rings. The Kier molecular flexibility index (Phi) is 3.84. The predicted octanol–water partition coefficient (Wildman–Crippen LogP) is 3.16. The number of alkyl halides is 3. The van der Waals surface area contributed by atoms with Crippen molar-refractivity contribution in [2.45, 2.75) is 12.7 Å². The summed E-state index contributed by atoms with van der Waals surface area (Å²) in [5, 5.41) is 2.40. The van der Waals surface area contributed by atoms with Gasteiger partial charge in [0.05, 0.1) is 0 Å². The Morgan fingerprint density at radius 2 is 2.05 bits per heavy atom. The second-order valence-electron chi connectivity index (χ2n) is 3.61. The molecule has 19 heavy (non-hydrogen) atoms. The van der Waals surface area contributed by atoms with Crippen molar-refractivity contribution in [2.24, 2.45) is 0 Å². The smallest absolute Gasteiger partial charge is 0.350 e. The number of hydrogen-bond donors (Lipinski definition) is 1. The van der Waals surface area contributed by atoms with Gasteiger partial charge in [-0.1, -0.05) is 17.7 Å². The molecule has 0 aliphatic carbocycles. The minimum Gasteiger partial charge on any atom is -0.350 e. The topological polar surface area (TPSA) is 50.7 Å². The van der Waals surface area contributed by atoms with Crippen LogP contribution in [0.4, 0.5) is 19.1 Å². The minimum absolute atomic E-state index is 0.177. The summed E-state index contributed by atoms with van der Waals surface area (Å²) in [5.41, 5.74) is -0.291. The van der Waals surface area contributed by atoms with Gasteiger partial charge in [-0.25, -0.2) is 9.97 Å². The van der Waals surface area contributed by atoms with E-state index in [9.17, 15) is 13.2 Å². The molecule has 2 aromatic heterocycles. The molecule has 0 saturated heterocycles. The van der Waals surface area contributed by atoms with E-state index in [1.165, 1.54) is 0 Å². The van der Waals surface area contributed by atoms with Gasteiger partial charge in [-0.3, -0.25) is 4.98 Å². The fourth-order valence-electron chi connectivity index (χ4n) is 1.33. The number of anilines is 1. The molecular weight excluding hydrogens is 281 g/mol. The molecule has 0 bridgehead atoms. The van der Waals surface area contributed by atoms with Gasteiger partial charge in [-0.15, -0.1) is 0 Å². The third-order valence-corrected chi connectivity index (χ3v) is 2.35. The van der Waals surface area contributed by atoms with Crippen molar-refractivity contribution in [2.75, 3.05) is 5.32 Å². The molecule has 0 aromatic carbocycles. The number of nitrogens with one attached hydrogen (secondary N) is 1. The van der Waals surface area contributed by atoms with Gasteiger partial charge in [-0.05, 0) is 11.6 Å². The van der Waals surface area contributed by atoms with Crippen LogP contribution < -0.4 is 5.32 Å². The van der Waals surface area contributed by atoms with Gasteiger partial charge in [0.2, 0.25) is 5.95 Å². The van der Waals surface area contributed by atoms with E-state index in [1.54, 1.807) is 24.5 Å². The molecule has 0 fully saturated rings. The van der Waals surface area contributed by atoms with Crippen LogP contribution in [0.5, 0.6) is 0 Å². The fourth-order valence-corrected chi connectivity index (χ4v) is 1.51. The van der Waals surface area contributed by atoms with Gasteiger partial charge in [0.25, 0.3) is 0 Å². The second-order valence-corrected chi connectivity index (χ2v) is 4.00. The number of halogens is 4. The van der Waals surface area contributed by atoms with E-state index in [0.29, 0.717) is 6.07 Å². The monoisotopic (exact) mass is 288 g/mol. The molecule has 0 aliphatic heterocycles. The van der Waals surface area contributed by atoms with Crippen LogP contribution in [0.15, 0.2) is 30.6 Å². The number of rotatable bonds is 3. The fraction of sp³-hybridized carbons (Fsp3) is 0.182. The summed E-state index contributed by atoms with van der Waals surface area (Å²) in [7, 11) is 0. The highest BCUT2D eigenvalue weighted by atomic mass is 35.5. The average molecular weight is 289 g/mol. The maximum absolute atomic E-state index is 12.5. The Bertz CT molecular complexity index is 560. The summed E-state index contributed by atoms with van der Waals surface area (Å²) < 4.78 is 37.6. The van der Waals surface area contributed by atoms with Crippen LogP contribution in [-0.2, 0) is 12.7 Å². The average Bonchev–Trinajstić information content (AvgIpc) is 2.36. The largest absolute Gasteiger partial charge is 0.433 e. The lowest BCUT2D eigenvalue weighted by atomic mass is 10.3. The number of aromatic nitrogens is 3. The molecule has 0 amide bonds. The van der Waals surface area contributed by atoms with Crippen molar-refractivity contribution in [3.63, 3.8) is 0 Å². The molecule has 0 atom stereocenters. The minimum atomic E-state index is -4.56. The first-order valence-electron chi connectivity index (χ1n) is 5.20. The van der Waals surface area contributed by atoms with Crippen molar-refractivity contribution >= 4 is 17.5 Å². The number of nitrogens with zero attached hydrogens (tertiary/aromatic N) is 3. The zero-order valence-corrected chi connectivity index (χ0v) is 10.2.